The molecule has 0 N–H and O–H groups in total. The Hall–Kier alpha value is -0.740. The van der Waals surface area contributed by atoms with Gasteiger partial charge in [0.25, 0.3) is 0 Å². The number of ether oxygens (including phenoxy) is 1. The average Bonchev–Trinajstić information content (AvgIpc) is 2.19. The van der Waals surface area contributed by atoms with Crippen LogP contribution in [-0.4, -0.2) is 18.8 Å². The average molecular weight is 252 g/mol. The van der Waals surface area contributed by atoms with E-state index in [0.29, 0.717) is 0 Å². The van der Waals surface area contributed by atoms with Crippen LogP contribution in [0.5, 0.6) is 0 Å². The summed E-state index contributed by atoms with van der Waals surface area (Å²) in [7, 11) is 0. The van der Waals surface area contributed by atoms with Gasteiger partial charge in [-0.25, -0.2) is 0 Å². The third-order valence-corrected chi connectivity index (χ3v) is 3.63. The van der Waals surface area contributed by atoms with Gasteiger partial charge in [0, 0.05) is 0 Å². The van der Waals surface area contributed by atoms with Crippen molar-refractivity contribution in [2.24, 2.45) is 23.7 Å². The van der Waals surface area contributed by atoms with Gasteiger partial charge in [0.1, 0.15) is 0 Å². The van der Waals surface area contributed by atoms with Gasteiger partial charge >= 0.3 is 12.1 Å². The first-order valence-electron chi connectivity index (χ1n) is 6.00. The predicted molar refractivity (Wildman–Crippen MR) is 57.2 cm³/mol. The molecule has 1 aliphatic carbocycles. The molecule has 4 unspecified atom stereocenters. The summed E-state index contributed by atoms with van der Waals surface area (Å²) in [6, 6.07) is 0. The molecule has 1 fully saturated rings. The highest BCUT2D eigenvalue weighted by atomic mass is 19.4. The number of alkyl halides is 3. The molecular formula is C12H19F3O2. The number of esters is 1. The van der Waals surface area contributed by atoms with Crippen molar-refractivity contribution in [3.8, 4) is 0 Å². The first kappa shape index (κ1) is 14.3. The fourth-order valence-electron chi connectivity index (χ4n) is 2.63. The Morgan fingerprint density at radius 2 is 1.82 bits per heavy atom. The highest BCUT2D eigenvalue weighted by molar-refractivity contribution is 5.72. The highest BCUT2D eigenvalue weighted by Gasteiger charge is 2.49. The van der Waals surface area contributed by atoms with Crippen LogP contribution in [0.15, 0.2) is 0 Å². The standard InChI is InChI=1S/C12H19F3O2/c1-4-17-11(16)9-5-8(3)10(6-7(9)2)12(13,14)15/h7-10H,4-6H2,1-3H3. The zero-order valence-electron chi connectivity index (χ0n) is 10.4. The minimum Gasteiger partial charge on any atom is -0.466 e. The summed E-state index contributed by atoms with van der Waals surface area (Å²) in [6.45, 7) is 5.24. The zero-order chi connectivity index (χ0) is 13.2. The molecule has 1 saturated carbocycles. The normalized spacial score (nSPS) is 34.5. The van der Waals surface area contributed by atoms with E-state index in [1.807, 2.05) is 0 Å². The monoisotopic (exact) mass is 252 g/mol. The molecule has 0 spiro atoms. The molecule has 0 amide bonds. The molecular weight excluding hydrogens is 233 g/mol. The second kappa shape index (κ2) is 5.27. The Bertz CT molecular complexity index is 275. The van der Waals surface area contributed by atoms with Crippen LogP contribution in [-0.2, 0) is 9.53 Å². The van der Waals surface area contributed by atoms with Crippen LogP contribution in [0.25, 0.3) is 0 Å². The van der Waals surface area contributed by atoms with Crippen molar-refractivity contribution in [3.63, 3.8) is 0 Å². The molecule has 0 heterocycles. The summed E-state index contributed by atoms with van der Waals surface area (Å²) in [6.07, 6.45) is -3.87. The van der Waals surface area contributed by atoms with Gasteiger partial charge in [-0.2, -0.15) is 13.2 Å². The SMILES string of the molecule is CCOC(=O)C1CC(C)C(C(F)(F)F)CC1C. The lowest BCUT2D eigenvalue weighted by Crippen LogP contribution is -2.40. The summed E-state index contributed by atoms with van der Waals surface area (Å²) < 4.78 is 43.1. The Balaban J connectivity index is 2.70. The van der Waals surface area contributed by atoms with Crippen molar-refractivity contribution in [2.45, 2.75) is 39.8 Å². The maximum absolute atomic E-state index is 12.7. The topological polar surface area (TPSA) is 26.3 Å². The maximum atomic E-state index is 12.7. The third kappa shape index (κ3) is 3.36. The zero-order valence-corrected chi connectivity index (χ0v) is 10.4. The van der Waals surface area contributed by atoms with E-state index in [1.165, 1.54) is 0 Å². The summed E-state index contributed by atoms with van der Waals surface area (Å²) in [5.41, 5.74) is 0. The Morgan fingerprint density at radius 3 is 2.29 bits per heavy atom. The molecule has 0 radical (unpaired) electrons. The lowest BCUT2D eigenvalue weighted by Gasteiger charge is -2.38. The lowest BCUT2D eigenvalue weighted by molar-refractivity contribution is -0.204. The van der Waals surface area contributed by atoms with Crippen LogP contribution >= 0.6 is 0 Å². The minimum atomic E-state index is -4.16. The fourth-order valence-corrected chi connectivity index (χ4v) is 2.63. The van der Waals surface area contributed by atoms with E-state index in [0.717, 1.165) is 0 Å². The van der Waals surface area contributed by atoms with Crippen LogP contribution < -0.4 is 0 Å². The van der Waals surface area contributed by atoms with E-state index in [1.54, 1.807) is 20.8 Å². The predicted octanol–water partition coefficient (Wildman–Crippen LogP) is 3.41. The number of hydrogen-bond donors (Lipinski definition) is 0. The molecule has 100 valence electrons. The van der Waals surface area contributed by atoms with Crippen molar-refractivity contribution in [1.82, 2.24) is 0 Å². The van der Waals surface area contributed by atoms with E-state index < -0.39 is 18.0 Å². The van der Waals surface area contributed by atoms with Gasteiger partial charge in [-0.15, -0.1) is 0 Å². The molecule has 0 aromatic rings. The molecule has 0 aromatic carbocycles. The van der Waals surface area contributed by atoms with Gasteiger partial charge in [0.15, 0.2) is 0 Å². The van der Waals surface area contributed by atoms with E-state index in [4.69, 9.17) is 4.74 Å². The van der Waals surface area contributed by atoms with Crippen molar-refractivity contribution >= 4 is 5.97 Å². The first-order chi connectivity index (χ1) is 7.77. The lowest BCUT2D eigenvalue weighted by atomic mass is 9.69. The van der Waals surface area contributed by atoms with E-state index in [-0.39, 0.29) is 37.3 Å². The van der Waals surface area contributed by atoms with Gasteiger partial charge in [-0.05, 0) is 31.6 Å². The molecule has 0 aromatic heterocycles. The molecule has 2 nitrogen and oxygen atoms in total. The Labute approximate surface area is 99.5 Å². The van der Waals surface area contributed by atoms with E-state index in [9.17, 15) is 18.0 Å². The van der Waals surface area contributed by atoms with Crippen LogP contribution in [0.2, 0.25) is 0 Å². The summed E-state index contributed by atoms with van der Waals surface area (Å²) in [5.74, 6) is -2.81. The Kier molecular flexibility index (Phi) is 4.44. The second-order valence-electron chi connectivity index (χ2n) is 4.93. The molecule has 1 rings (SSSR count). The number of halogens is 3. The molecule has 0 aliphatic heterocycles. The number of hydrogen-bond acceptors (Lipinski definition) is 2. The number of carbonyl (C=O) groups is 1. The number of rotatable bonds is 2. The quantitative estimate of drug-likeness (QED) is 0.704. The number of carbonyl (C=O) groups excluding carboxylic acids is 1. The molecule has 5 heteroatoms. The third-order valence-electron chi connectivity index (χ3n) is 3.63. The summed E-state index contributed by atoms with van der Waals surface area (Å²) in [4.78, 5) is 11.6. The summed E-state index contributed by atoms with van der Waals surface area (Å²) in [5, 5.41) is 0. The van der Waals surface area contributed by atoms with Gasteiger partial charge < -0.3 is 4.74 Å². The van der Waals surface area contributed by atoms with E-state index >= 15 is 0 Å². The molecule has 4 atom stereocenters. The second-order valence-corrected chi connectivity index (χ2v) is 4.93. The van der Waals surface area contributed by atoms with Crippen molar-refractivity contribution in [3.05, 3.63) is 0 Å². The highest BCUT2D eigenvalue weighted by Crippen LogP contribution is 2.45. The van der Waals surface area contributed by atoms with Crippen LogP contribution in [0, 0.1) is 23.7 Å². The van der Waals surface area contributed by atoms with Gasteiger partial charge in [-0.3, -0.25) is 4.79 Å². The van der Waals surface area contributed by atoms with Crippen LogP contribution in [0.4, 0.5) is 13.2 Å². The maximum Gasteiger partial charge on any atom is 0.392 e. The minimum absolute atomic E-state index is 0.0220. The molecule has 0 saturated heterocycles. The first-order valence-corrected chi connectivity index (χ1v) is 6.00. The van der Waals surface area contributed by atoms with Gasteiger partial charge in [0.05, 0.1) is 18.4 Å². The van der Waals surface area contributed by atoms with Crippen molar-refractivity contribution in [2.75, 3.05) is 6.61 Å². The van der Waals surface area contributed by atoms with Crippen LogP contribution in [0.3, 0.4) is 0 Å². The molecule has 1 aliphatic rings. The molecule has 17 heavy (non-hydrogen) atoms. The van der Waals surface area contributed by atoms with Gasteiger partial charge in [-0.1, -0.05) is 13.8 Å². The van der Waals surface area contributed by atoms with E-state index in [2.05, 4.69) is 0 Å². The Morgan fingerprint density at radius 1 is 1.24 bits per heavy atom. The van der Waals surface area contributed by atoms with Crippen molar-refractivity contribution in [1.29, 1.82) is 0 Å². The van der Waals surface area contributed by atoms with Gasteiger partial charge in [0.2, 0.25) is 0 Å². The van der Waals surface area contributed by atoms with Crippen molar-refractivity contribution < 1.29 is 22.7 Å². The fraction of sp³-hybridized carbons (Fsp3) is 0.917. The molecule has 0 bridgehead atoms. The smallest absolute Gasteiger partial charge is 0.392 e. The van der Waals surface area contributed by atoms with Crippen LogP contribution in [0.1, 0.15) is 33.6 Å². The largest absolute Gasteiger partial charge is 0.466 e. The summed E-state index contributed by atoms with van der Waals surface area (Å²) >= 11 is 0.